The van der Waals surface area contributed by atoms with Crippen LogP contribution in [0, 0.1) is 18.3 Å². The van der Waals surface area contributed by atoms with Crippen molar-refractivity contribution in [2.45, 2.75) is 46.1 Å². The molecular formula is C12H18N4. The molecule has 0 aliphatic rings. The summed E-state index contributed by atoms with van der Waals surface area (Å²) in [7, 11) is 0. The van der Waals surface area contributed by atoms with E-state index in [0.29, 0.717) is 11.6 Å². The van der Waals surface area contributed by atoms with Crippen LogP contribution in [0.25, 0.3) is 0 Å². The van der Waals surface area contributed by atoms with Gasteiger partial charge >= 0.3 is 0 Å². The zero-order valence-corrected chi connectivity index (χ0v) is 10.3. The Morgan fingerprint density at radius 1 is 1.38 bits per heavy atom. The van der Waals surface area contributed by atoms with E-state index in [1.165, 1.54) is 0 Å². The summed E-state index contributed by atoms with van der Waals surface area (Å²) in [6.07, 6.45) is 1.98. The zero-order chi connectivity index (χ0) is 12.2. The molecule has 0 saturated carbocycles. The van der Waals surface area contributed by atoms with Crippen molar-refractivity contribution in [2.75, 3.05) is 5.32 Å². The topological polar surface area (TPSA) is 61.6 Å². The average Bonchev–Trinajstić information content (AvgIpc) is 2.28. The first kappa shape index (κ1) is 12.4. The molecule has 0 aliphatic heterocycles. The number of nitrogens with one attached hydrogen (secondary N) is 1. The molecule has 1 heterocycles. The lowest BCUT2D eigenvalue weighted by Gasteiger charge is -2.28. The molecule has 1 aromatic heterocycles. The second-order valence-corrected chi connectivity index (χ2v) is 4.22. The Kier molecular flexibility index (Phi) is 3.83. The van der Waals surface area contributed by atoms with Crippen LogP contribution in [-0.2, 0) is 0 Å². The molecule has 1 aromatic rings. The van der Waals surface area contributed by atoms with Gasteiger partial charge in [-0.25, -0.2) is 9.97 Å². The minimum absolute atomic E-state index is 0.0134. The van der Waals surface area contributed by atoms with Crippen LogP contribution in [0.3, 0.4) is 0 Å². The Balaban J connectivity index is 2.97. The van der Waals surface area contributed by atoms with Gasteiger partial charge in [0.25, 0.3) is 0 Å². The van der Waals surface area contributed by atoms with Gasteiger partial charge in [-0.1, -0.05) is 13.8 Å². The zero-order valence-electron chi connectivity index (χ0n) is 10.3. The minimum atomic E-state index is -0.0134. The maximum Gasteiger partial charge on any atom is 0.224 e. The Labute approximate surface area is 96.7 Å². The maximum atomic E-state index is 8.83. The third-order valence-electron chi connectivity index (χ3n) is 2.94. The smallest absolute Gasteiger partial charge is 0.224 e. The fourth-order valence-corrected chi connectivity index (χ4v) is 1.38. The summed E-state index contributed by atoms with van der Waals surface area (Å²) in [5.74, 6) is 0.544. The number of hydrogen-bond acceptors (Lipinski definition) is 4. The second-order valence-electron chi connectivity index (χ2n) is 4.22. The number of nitrogens with zero attached hydrogens (tertiary/aromatic N) is 3. The normalized spacial score (nSPS) is 10.9. The van der Waals surface area contributed by atoms with E-state index in [1.807, 2.05) is 13.0 Å². The standard InChI is InChI=1S/C12H18N4/c1-5-12(4,6-2)16-11-14-9(3)7-10(8-13)15-11/h7H,5-6H2,1-4H3,(H,14,15,16). The minimum Gasteiger partial charge on any atom is -0.349 e. The molecule has 0 amide bonds. The van der Waals surface area contributed by atoms with Crippen molar-refractivity contribution in [1.82, 2.24) is 9.97 Å². The largest absolute Gasteiger partial charge is 0.349 e. The van der Waals surface area contributed by atoms with Crippen molar-refractivity contribution < 1.29 is 0 Å². The van der Waals surface area contributed by atoms with Crippen LogP contribution >= 0.6 is 0 Å². The quantitative estimate of drug-likeness (QED) is 0.844. The van der Waals surface area contributed by atoms with E-state index in [4.69, 9.17) is 5.26 Å². The van der Waals surface area contributed by atoms with Crippen LogP contribution in [0.2, 0.25) is 0 Å². The van der Waals surface area contributed by atoms with Crippen LogP contribution < -0.4 is 5.32 Å². The molecule has 1 rings (SSSR count). The molecule has 0 unspecified atom stereocenters. The van der Waals surface area contributed by atoms with Crippen molar-refractivity contribution in [1.29, 1.82) is 5.26 Å². The number of hydrogen-bond donors (Lipinski definition) is 1. The number of nitriles is 1. The molecule has 4 nitrogen and oxygen atoms in total. The average molecular weight is 218 g/mol. The molecule has 0 saturated heterocycles. The highest BCUT2D eigenvalue weighted by molar-refractivity contribution is 5.35. The van der Waals surface area contributed by atoms with Gasteiger partial charge in [0.15, 0.2) is 0 Å². The van der Waals surface area contributed by atoms with Crippen LogP contribution in [0.15, 0.2) is 6.07 Å². The van der Waals surface area contributed by atoms with Gasteiger partial charge in [-0.3, -0.25) is 0 Å². The van der Waals surface area contributed by atoms with E-state index in [9.17, 15) is 0 Å². The third kappa shape index (κ3) is 2.93. The van der Waals surface area contributed by atoms with Crippen LogP contribution in [-0.4, -0.2) is 15.5 Å². The van der Waals surface area contributed by atoms with Gasteiger partial charge in [-0.05, 0) is 32.8 Å². The predicted molar refractivity (Wildman–Crippen MR) is 64.1 cm³/mol. The molecule has 16 heavy (non-hydrogen) atoms. The Morgan fingerprint density at radius 2 is 2.00 bits per heavy atom. The molecule has 0 radical (unpaired) electrons. The summed E-state index contributed by atoms with van der Waals surface area (Å²) < 4.78 is 0. The van der Waals surface area contributed by atoms with E-state index in [-0.39, 0.29) is 5.54 Å². The summed E-state index contributed by atoms with van der Waals surface area (Å²) >= 11 is 0. The van der Waals surface area contributed by atoms with Gasteiger partial charge in [0.2, 0.25) is 5.95 Å². The second kappa shape index (κ2) is 4.93. The molecule has 1 N–H and O–H groups in total. The van der Waals surface area contributed by atoms with E-state index >= 15 is 0 Å². The highest BCUT2D eigenvalue weighted by atomic mass is 15.1. The number of anilines is 1. The first-order valence-corrected chi connectivity index (χ1v) is 5.57. The van der Waals surface area contributed by atoms with Crippen molar-refractivity contribution in [3.8, 4) is 6.07 Å². The number of rotatable bonds is 4. The number of aromatic nitrogens is 2. The van der Waals surface area contributed by atoms with E-state index in [0.717, 1.165) is 18.5 Å². The Bertz CT molecular complexity index is 402. The Morgan fingerprint density at radius 3 is 2.50 bits per heavy atom. The highest BCUT2D eigenvalue weighted by Crippen LogP contribution is 2.19. The molecule has 0 atom stereocenters. The molecule has 0 spiro atoms. The van der Waals surface area contributed by atoms with Gasteiger partial charge in [-0.15, -0.1) is 0 Å². The summed E-state index contributed by atoms with van der Waals surface area (Å²) in [5, 5.41) is 12.1. The Hall–Kier alpha value is -1.63. The predicted octanol–water partition coefficient (Wildman–Crippen LogP) is 2.65. The lowest BCUT2D eigenvalue weighted by atomic mass is 9.96. The molecule has 4 heteroatoms. The molecular weight excluding hydrogens is 200 g/mol. The van der Waals surface area contributed by atoms with E-state index < -0.39 is 0 Å². The lowest BCUT2D eigenvalue weighted by Crippen LogP contribution is -2.34. The molecule has 0 aromatic carbocycles. The van der Waals surface area contributed by atoms with Crippen molar-refractivity contribution in [2.24, 2.45) is 0 Å². The molecule has 0 bridgehead atoms. The van der Waals surface area contributed by atoms with Crippen molar-refractivity contribution in [3.05, 3.63) is 17.5 Å². The summed E-state index contributed by atoms with van der Waals surface area (Å²) in [6.45, 7) is 8.24. The fraction of sp³-hybridized carbons (Fsp3) is 0.583. The highest BCUT2D eigenvalue weighted by Gasteiger charge is 2.20. The first-order valence-electron chi connectivity index (χ1n) is 5.57. The lowest BCUT2D eigenvalue weighted by molar-refractivity contribution is 0.474. The fourth-order valence-electron chi connectivity index (χ4n) is 1.38. The molecule has 86 valence electrons. The summed E-state index contributed by atoms with van der Waals surface area (Å²) in [6, 6.07) is 3.72. The van der Waals surface area contributed by atoms with Gasteiger partial charge in [0.05, 0.1) is 0 Å². The SMILES string of the molecule is CCC(C)(CC)Nc1nc(C)cc(C#N)n1. The summed E-state index contributed by atoms with van der Waals surface area (Å²) in [5.41, 5.74) is 1.20. The van der Waals surface area contributed by atoms with Crippen LogP contribution in [0.4, 0.5) is 5.95 Å². The van der Waals surface area contributed by atoms with Crippen molar-refractivity contribution >= 4 is 5.95 Å². The third-order valence-corrected chi connectivity index (χ3v) is 2.94. The number of aryl methyl sites for hydroxylation is 1. The summed E-state index contributed by atoms with van der Waals surface area (Å²) in [4.78, 5) is 8.44. The van der Waals surface area contributed by atoms with Crippen LogP contribution in [0.5, 0.6) is 0 Å². The maximum absolute atomic E-state index is 8.83. The monoisotopic (exact) mass is 218 g/mol. The van der Waals surface area contributed by atoms with E-state index in [1.54, 1.807) is 6.07 Å². The van der Waals surface area contributed by atoms with E-state index in [2.05, 4.69) is 36.1 Å². The van der Waals surface area contributed by atoms with Gasteiger partial charge in [0.1, 0.15) is 11.8 Å². The van der Waals surface area contributed by atoms with Crippen molar-refractivity contribution in [3.63, 3.8) is 0 Å². The van der Waals surface area contributed by atoms with Gasteiger partial charge in [0, 0.05) is 11.2 Å². The first-order chi connectivity index (χ1) is 7.53. The van der Waals surface area contributed by atoms with Gasteiger partial charge < -0.3 is 5.32 Å². The molecule has 0 fully saturated rings. The molecule has 0 aliphatic carbocycles. The van der Waals surface area contributed by atoms with Crippen LogP contribution in [0.1, 0.15) is 45.0 Å². The van der Waals surface area contributed by atoms with Gasteiger partial charge in [-0.2, -0.15) is 5.26 Å².